The lowest BCUT2D eigenvalue weighted by Crippen LogP contribution is -2.15. The summed E-state index contributed by atoms with van der Waals surface area (Å²) in [4.78, 5) is 34.6. The van der Waals surface area contributed by atoms with Gasteiger partial charge in [0.15, 0.2) is 6.61 Å². The second-order valence-corrected chi connectivity index (χ2v) is 5.70. The molecule has 2 rings (SSSR count). The maximum absolute atomic E-state index is 12.2. The molecule has 0 fully saturated rings. The van der Waals surface area contributed by atoms with E-state index in [9.17, 15) is 19.7 Å². The number of carbonyl (C=O) groups excluding carboxylic acids is 2. The molecule has 0 aliphatic carbocycles. The van der Waals surface area contributed by atoms with Crippen molar-refractivity contribution in [3.8, 4) is 11.8 Å². The Bertz CT molecular complexity index is 987. The van der Waals surface area contributed by atoms with Crippen molar-refractivity contribution in [1.29, 1.82) is 5.26 Å². The van der Waals surface area contributed by atoms with E-state index in [-0.39, 0.29) is 16.8 Å². The van der Waals surface area contributed by atoms with Crippen molar-refractivity contribution in [2.45, 2.75) is 6.92 Å². The third-order valence-electron chi connectivity index (χ3n) is 3.83. The van der Waals surface area contributed by atoms with E-state index in [1.165, 1.54) is 25.3 Å². The van der Waals surface area contributed by atoms with Crippen LogP contribution in [0, 0.1) is 28.4 Å². The molecule has 0 radical (unpaired) electrons. The van der Waals surface area contributed by atoms with Crippen LogP contribution in [0.15, 0.2) is 48.0 Å². The van der Waals surface area contributed by atoms with E-state index >= 15 is 0 Å². The van der Waals surface area contributed by atoms with Gasteiger partial charge in [0.25, 0.3) is 5.69 Å². The summed E-state index contributed by atoms with van der Waals surface area (Å²) < 4.78 is 9.91. The number of aryl methyl sites for hydroxylation is 1. The minimum absolute atomic E-state index is 0.0442. The van der Waals surface area contributed by atoms with Gasteiger partial charge in [0, 0.05) is 17.2 Å². The fraction of sp³-hybridized carbons (Fsp3) is 0.150. The summed E-state index contributed by atoms with van der Waals surface area (Å²) >= 11 is 0. The molecule has 0 aromatic heterocycles. The number of Topliss-reactive ketones (excluding diaryl/α,β-unsaturated/α-hetero) is 1. The molecule has 0 bridgehead atoms. The number of hydrogen-bond acceptors (Lipinski definition) is 7. The van der Waals surface area contributed by atoms with Crippen molar-refractivity contribution in [1.82, 2.24) is 0 Å². The number of carbonyl (C=O) groups is 2. The van der Waals surface area contributed by atoms with Crippen LogP contribution in [0.1, 0.15) is 21.5 Å². The maximum Gasteiger partial charge on any atom is 0.349 e. The lowest BCUT2D eigenvalue weighted by Gasteiger charge is -2.05. The Morgan fingerprint density at radius 1 is 1.21 bits per heavy atom. The molecule has 0 heterocycles. The lowest BCUT2D eigenvalue weighted by atomic mass is 10.1. The number of nitro benzene ring substituents is 1. The molecule has 28 heavy (non-hydrogen) atoms. The first-order valence-corrected chi connectivity index (χ1v) is 8.07. The van der Waals surface area contributed by atoms with Crippen molar-refractivity contribution in [3.63, 3.8) is 0 Å². The highest BCUT2D eigenvalue weighted by Gasteiger charge is 2.18. The normalized spacial score (nSPS) is 10.7. The molecule has 0 unspecified atom stereocenters. The van der Waals surface area contributed by atoms with Gasteiger partial charge < -0.3 is 9.47 Å². The van der Waals surface area contributed by atoms with Gasteiger partial charge in [-0.2, -0.15) is 5.26 Å². The van der Waals surface area contributed by atoms with Gasteiger partial charge >= 0.3 is 5.97 Å². The number of hydrogen-bond donors (Lipinski definition) is 0. The Hall–Kier alpha value is -3.99. The lowest BCUT2D eigenvalue weighted by molar-refractivity contribution is -0.385. The minimum atomic E-state index is -0.965. The number of nitrogens with zero attached hydrogens (tertiary/aromatic N) is 2. The molecule has 8 nitrogen and oxygen atoms in total. The van der Waals surface area contributed by atoms with E-state index in [2.05, 4.69) is 0 Å². The fourth-order valence-corrected chi connectivity index (χ4v) is 2.28. The fourth-order valence-electron chi connectivity index (χ4n) is 2.28. The average molecular weight is 380 g/mol. The third kappa shape index (κ3) is 5.02. The van der Waals surface area contributed by atoms with Gasteiger partial charge in [-0.25, -0.2) is 4.79 Å². The van der Waals surface area contributed by atoms with Crippen LogP contribution in [0.3, 0.4) is 0 Å². The van der Waals surface area contributed by atoms with Crippen molar-refractivity contribution in [2.24, 2.45) is 0 Å². The molecule has 0 N–H and O–H groups in total. The summed E-state index contributed by atoms with van der Waals surface area (Å²) in [6.45, 7) is 0.913. The molecule has 2 aromatic carbocycles. The van der Waals surface area contributed by atoms with Gasteiger partial charge in [0.2, 0.25) is 5.78 Å². The Morgan fingerprint density at radius 2 is 1.89 bits per heavy atom. The quantitative estimate of drug-likeness (QED) is 0.181. The highest BCUT2D eigenvalue weighted by Crippen LogP contribution is 2.20. The molecule has 0 saturated carbocycles. The number of nitro groups is 1. The van der Waals surface area contributed by atoms with E-state index in [0.29, 0.717) is 16.9 Å². The molecule has 0 atom stereocenters. The zero-order valence-electron chi connectivity index (χ0n) is 15.2. The standard InChI is InChI=1S/C20H16N2O6/c1-13-3-6-15(10-18(13)22(25)26)19(23)12-28-20(24)16(11-21)9-14-4-7-17(27-2)8-5-14/h3-10H,12H2,1-2H3/b16-9+. The highest BCUT2D eigenvalue weighted by atomic mass is 16.6. The molecule has 0 aliphatic heterocycles. The van der Waals surface area contributed by atoms with E-state index in [1.54, 1.807) is 37.3 Å². The SMILES string of the molecule is COc1ccc(/C=C(\C#N)C(=O)OCC(=O)c2ccc(C)c([N+](=O)[O-])c2)cc1. The smallest absolute Gasteiger partial charge is 0.349 e. The first-order valence-electron chi connectivity index (χ1n) is 8.07. The summed E-state index contributed by atoms with van der Waals surface area (Å²) in [5.41, 5.74) is 0.549. The molecule has 0 saturated heterocycles. The predicted octanol–water partition coefficient (Wildman–Crippen LogP) is 3.24. The van der Waals surface area contributed by atoms with Crippen LogP contribution < -0.4 is 4.74 Å². The minimum Gasteiger partial charge on any atom is -0.497 e. The number of benzene rings is 2. The number of ketones is 1. The van der Waals surface area contributed by atoms with E-state index in [1.807, 2.05) is 0 Å². The Balaban J connectivity index is 2.08. The largest absolute Gasteiger partial charge is 0.497 e. The van der Waals surface area contributed by atoms with Gasteiger partial charge in [0.1, 0.15) is 17.4 Å². The number of methoxy groups -OCH3 is 1. The topological polar surface area (TPSA) is 120 Å². The second-order valence-electron chi connectivity index (χ2n) is 5.70. The maximum atomic E-state index is 12.2. The number of nitriles is 1. The first-order chi connectivity index (χ1) is 13.3. The zero-order chi connectivity index (χ0) is 20.7. The monoisotopic (exact) mass is 380 g/mol. The van der Waals surface area contributed by atoms with Gasteiger partial charge in [-0.3, -0.25) is 14.9 Å². The van der Waals surface area contributed by atoms with Crippen LogP contribution in [-0.4, -0.2) is 30.4 Å². The third-order valence-corrected chi connectivity index (χ3v) is 3.83. The predicted molar refractivity (Wildman–Crippen MR) is 99.7 cm³/mol. The molecule has 8 heteroatoms. The zero-order valence-corrected chi connectivity index (χ0v) is 15.2. The van der Waals surface area contributed by atoms with Crippen molar-refractivity contribution in [2.75, 3.05) is 13.7 Å². The number of esters is 1. The van der Waals surface area contributed by atoms with Crippen LogP contribution in [-0.2, 0) is 9.53 Å². The van der Waals surface area contributed by atoms with Crippen LogP contribution in [0.5, 0.6) is 5.75 Å². The van der Waals surface area contributed by atoms with Crippen LogP contribution in [0.25, 0.3) is 6.08 Å². The molecular weight excluding hydrogens is 364 g/mol. The molecule has 0 amide bonds. The Kier molecular flexibility index (Phi) is 6.60. The van der Waals surface area contributed by atoms with E-state index in [4.69, 9.17) is 14.7 Å². The van der Waals surface area contributed by atoms with Gasteiger partial charge in [-0.05, 0) is 30.7 Å². The van der Waals surface area contributed by atoms with Gasteiger partial charge in [-0.1, -0.05) is 24.3 Å². The average Bonchev–Trinajstić information content (AvgIpc) is 2.70. The van der Waals surface area contributed by atoms with Crippen LogP contribution in [0.2, 0.25) is 0 Å². The Labute approximate surface area is 160 Å². The van der Waals surface area contributed by atoms with Crippen LogP contribution >= 0.6 is 0 Å². The highest BCUT2D eigenvalue weighted by molar-refractivity contribution is 6.02. The molecular formula is C20H16N2O6. The van der Waals surface area contributed by atoms with E-state index in [0.717, 1.165) is 6.07 Å². The van der Waals surface area contributed by atoms with Gasteiger partial charge in [0.05, 0.1) is 12.0 Å². The van der Waals surface area contributed by atoms with Crippen molar-refractivity contribution >= 4 is 23.5 Å². The van der Waals surface area contributed by atoms with Gasteiger partial charge in [-0.15, -0.1) is 0 Å². The van der Waals surface area contributed by atoms with Crippen molar-refractivity contribution < 1.29 is 24.0 Å². The summed E-state index contributed by atoms with van der Waals surface area (Å²) in [6.07, 6.45) is 1.32. The molecule has 2 aromatic rings. The summed E-state index contributed by atoms with van der Waals surface area (Å²) in [5.74, 6) is -0.956. The summed E-state index contributed by atoms with van der Waals surface area (Å²) in [7, 11) is 1.52. The molecule has 0 spiro atoms. The number of ether oxygens (including phenoxy) is 2. The second kappa shape index (κ2) is 9.09. The molecule has 0 aliphatic rings. The summed E-state index contributed by atoms with van der Waals surface area (Å²) in [5, 5.41) is 20.1. The Morgan fingerprint density at radius 3 is 2.46 bits per heavy atom. The summed E-state index contributed by atoms with van der Waals surface area (Å²) in [6, 6.07) is 12.4. The van der Waals surface area contributed by atoms with Crippen molar-refractivity contribution in [3.05, 3.63) is 74.8 Å². The van der Waals surface area contributed by atoms with E-state index < -0.39 is 23.3 Å². The number of rotatable bonds is 7. The molecule has 142 valence electrons. The van der Waals surface area contributed by atoms with Crippen LogP contribution in [0.4, 0.5) is 5.69 Å². The first kappa shape index (κ1) is 20.3.